The molecule has 8 aromatic carbocycles. The molecule has 1 heterocycles. The summed E-state index contributed by atoms with van der Waals surface area (Å²) in [6, 6.07) is 61.1. The fourth-order valence-corrected chi connectivity index (χ4v) is 8.36. The zero-order valence-corrected chi connectivity index (χ0v) is 28.6. The van der Waals surface area contributed by atoms with Crippen LogP contribution in [0.4, 0.5) is 11.4 Å². The number of hydrogen-bond donors (Lipinski definition) is 1. The molecule has 2 nitrogen and oxygen atoms in total. The molecule has 0 unspecified atom stereocenters. The Morgan fingerprint density at radius 2 is 1.00 bits per heavy atom. The summed E-state index contributed by atoms with van der Waals surface area (Å²) in [6.45, 7) is 4.65. The predicted molar refractivity (Wildman–Crippen MR) is 215 cm³/mol. The Bertz CT molecular complexity index is 2770. The Balaban J connectivity index is 1.02. The Morgan fingerprint density at radius 3 is 1.78 bits per heavy atom. The molecule has 242 valence electrons. The van der Waals surface area contributed by atoms with Crippen molar-refractivity contribution in [1.82, 2.24) is 0 Å². The number of hydrogen-bond acceptors (Lipinski definition) is 2. The lowest BCUT2D eigenvalue weighted by atomic mass is 9.82. The zero-order chi connectivity index (χ0) is 34.1. The second kappa shape index (κ2) is 11.3. The molecule has 0 saturated carbocycles. The second-order valence-corrected chi connectivity index (χ2v) is 14.2. The SMILES string of the molecule is CC1(C)c2ccccc2-c2ccc(Nc3ccc(-c4ccc(-c5c(-c6ccccc6)c6ccccc6c6oc7ccccc7c56)cc4)cc3)cc21. The van der Waals surface area contributed by atoms with Crippen molar-refractivity contribution in [2.75, 3.05) is 5.32 Å². The van der Waals surface area contributed by atoms with Crippen molar-refractivity contribution in [2.45, 2.75) is 19.3 Å². The van der Waals surface area contributed by atoms with E-state index in [0.717, 1.165) is 38.7 Å². The van der Waals surface area contributed by atoms with Crippen LogP contribution in [-0.2, 0) is 5.41 Å². The molecule has 51 heavy (non-hydrogen) atoms. The Morgan fingerprint density at radius 1 is 0.431 bits per heavy atom. The maximum Gasteiger partial charge on any atom is 0.143 e. The largest absolute Gasteiger partial charge is 0.455 e. The summed E-state index contributed by atoms with van der Waals surface area (Å²) in [5.74, 6) is 0. The highest BCUT2D eigenvalue weighted by Crippen LogP contribution is 2.50. The molecule has 0 amide bonds. The lowest BCUT2D eigenvalue weighted by Gasteiger charge is -2.22. The molecule has 10 rings (SSSR count). The minimum Gasteiger partial charge on any atom is -0.455 e. The van der Waals surface area contributed by atoms with Crippen molar-refractivity contribution in [2.24, 2.45) is 0 Å². The van der Waals surface area contributed by atoms with Gasteiger partial charge in [0.2, 0.25) is 0 Å². The summed E-state index contributed by atoms with van der Waals surface area (Å²) in [5.41, 5.74) is 16.6. The Kier molecular flexibility index (Phi) is 6.56. The van der Waals surface area contributed by atoms with E-state index in [-0.39, 0.29) is 5.41 Å². The van der Waals surface area contributed by atoms with Crippen LogP contribution in [-0.4, -0.2) is 0 Å². The van der Waals surface area contributed by atoms with Gasteiger partial charge in [0.15, 0.2) is 0 Å². The lowest BCUT2D eigenvalue weighted by Crippen LogP contribution is -2.15. The minimum absolute atomic E-state index is 0.0230. The third-order valence-electron chi connectivity index (χ3n) is 10.9. The summed E-state index contributed by atoms with van der Waals surface area (Å²) < 4.78 is 6.61. The van der Waals surface area contributed by atoms with Gasteiger partial charge in [-0.25, -0.2) is 0 Å². The maximum atomic E-state index is 6.61. The van der Waals surface area contributed by atoms with E-state index in [1.807, 2.05) is 6.07 Å². The smallest absolute Gasteiger partial charge is 0.143 e. The van der Waals surface area contributed by atoms with Crippen molar-refractivity contribution < 1.29 is 4.42 Å². The molecule has 1 aliphatic carbocycles. The summed E-state index contributed by atoms with van der Waals surface area (Å²) in [6.07, 6.45) is 0. The van der Waals surface area contributed by atoms with Gasteiger partial charge in [0, 0.05) is 38.5 Å². The normalized spacial score (nSPS) is 13.1. The van der Waals surface area contributed by atoms with Crippen LogP contribution in [0.15, 0.2) is 174 Å². The van der Waals surface area contributed by atoms with Gasteiger partial charge in [-0.15, -0.1) is 0 Å². The zero-order valence-electron chi connectivity index (χ0n) is 28.6. The number of rotatable bonds is 5. The first kappa shape index (κ1) is 29.5. The predicted octanol–water partition coefficient (Wildman–Crippen LogP) is 13.8. The monoisotopic (exact) mass is 653 g/mol. The van der Waals surface area contributed by atoms with Crippen LogP contribution < -0.4 is 5.32 Å². The molecular weight excluding hydrogens is 619 g/mol. The topological polar surface area (TPSA) is 25.2 Å². The van der Waals surface area contributed by atoms with Crippen LogP contribution in [0.5, 0.6) is 0 Å². The molecular formula is C49H35NO. The molecule has 0 bridgehead atoms. The van der Waals surface area contributed by atoms with Gasteiger partial charge in [-0.2, -0.15) is 0 Å². The van der Waals surface area contributed by atoms with E-state index < -0.39 is 0 Å². The lowest BCUT2D eigenvalue weighted by molar-refractivity contribution is 0.660. The standard InChI is InChI=1S/C49H35NO/c1-49(2)42-18-10-8-14-37(42)38-29-28-36(30-43(38)49)50-35-26-24-32(25-27-35)31-20-22-34(23-21-31)46-45(33-12-4-3-5-13-33)39-15-6-7-16-40(39)48-47(46)41-17-9-11-19-44(41)51-48/h3-30,50H,1-2H3. The van der Waals surface area contributed by atoms with Crippen molar-refractivity contribution in [3.63, 3.8) is 0 Å². The summed E-state index contributed by atoms with van der Waals surface area (Å²) in [4.78, 5) is 0. The van der Waals surface area contributed by atoms with E-state index in [1.165, 1.54) is 61.0 Å². The van der Waals surface area contributed by atoms with Gasteiger partial charge in [0.1, 0.15) is 11.2 Å². The first-order valence-corrected chi connectivity index (χ1v) is 17.7. The molecule has 9 aromatic rings. The highest BCUT2D eigenvalue weighted by molar-refractivity contribution is 6.26. The molecule has 0 fully saturated rings. The average Bonchev–Trinajstić information content (AvgIpc) is 3.68. The molecule has 1 aliphatic rings. The third kappa shape index (κ3) is 4.64. The van der Waals surface area contributed by atoms with Crippen molar-refractivity contribution >= 4 is 44.1 Å². The quantitative estimate of drug-likeness (QED) is 0.200. The van der Waals surface area contributed by atoms with Gasteiger partial charge in [-0.1, -0.05) is 153 Å². The summed E-state index contributed by atoms with van der Waals surface area (Å²) in [7, 11) is 0. The van der Waals surface area contributed by atoms with E-state index >= 15 is 0 Å². The van der Waals surface area contributed by atoms with Crippen LogP contribution in [0, 0.1) is 0 Å². The molecule has 1 aromatic heterocycles. The second-order valence-electron chi connectivity index (χ2n) is 14.2. The molecule has 1 N–H and O–H groups in total. The number of nitrogens with one attached hydrogen (secondary N) is 1. The number of fused-ring (bicyclic) bond motifs is 8. The van der Waals surface area contributed by atoms with Crippen LogP contribution in [0.3, 0.4) is 0 Å². The molecule has 0 aliphatic heterocycles. The minimum atomic E-state index is -0.0230. The fourth-order valence-electron chi connectivity index (χ4n) is 8.36. The van der Waals surface area contributed by atoms with Gasteiger partial charge in [0.05, 0.1) is 0 Å². The van der Waals surface area contributed by atoms with Gasteiger partial charge in [-0.05, 0) is 85.8 Å². The molecule has 0 spiro atoms. The first-order chi connectivity index (χ1) is 25.0. The van der Waals surface area contributed by atoms with E-state index in [9.17, 15) is 0 Å². The van der Waals surface area contributed by atoms with Gasteiger partial charge < -0.3 is 9.73 Å². The Hall–Kier alpha value is -6.38. The van der Waals surface area contributed by atoms with Crippen molar-refractivity contribution in [3.8, 4) is 44.5 Å². The molecule has 0 radical (unpaired) electrons. The van der Waals surface area contributed by atoms with E-state index in [1.54, 1.807) is 0 Å². The molecule has 2 heteroatoms. The van der Waals surface area contributed by atoms with Crippen LogP contribution >= 0.6 is 0 Å². The van der Waals surface area contributed by atoms with Crippen molar-refractivity contribution in [1.29, 1.82) is 0 Å². The van der Waals surface area contributed by atoms with Crippen LogP contribution in [0.2, 0.25) is 0 Å². The molecule has 0 saturated heterocycles. The van der Waals surface area contributed by atoms with E-state index in [4.69, 9.17) is 4.42 Å². The number of para-hydroxylation sites is 1. The summed E-state index contributed by atoms with van der Waals surface area (Å²) in [5, 5.41) is 8.27. The number of anilines is 2. The first-order valence-electron chi connectivity index (χ1n) is 17.7. The fraction of sp³-hybridized carbons (Fsp3) is 0.0612. The van der Waals surface area contributed by atoms with Gasteiger partial charge in [0.25, 0.3) is 0 Å². The average molecular weight is 654 g/mol. The van der Waals surface area contributed by atoms with Gasteiger partial charge >= 0.3 is 0 Å². The van der Waals surface area contributed by atoms with E-state index in [2.05, 4.69) is 183 Å². The highest BCUT2D eigenvalue weighted by atomic mass is 16.3. The van der Waals surface area contributed by atoms with Crippen molar-refractivity contribution in [3.05, 3.63) is 181 Å². The van der Waals surface area contributed by atoms with Crippen LogP contribution in [0.1, 0.15) is 25.0 Å². The molecule has 0 atom stereocenters. The third-order valence-corrected chi connectivity index (χ3v) is 10.9. The van der Waals surface area contributed by atoms with E-state index in [0.29, 0.717) is 0 Å². The number of benzene rings is 8. The number of furan rings is 1. The summed E-state index contributed by atoms with van der Waals surface area (Å²) >= 11 is 0. The van der Waals surface area contributed by atoms with Gasteiger partial charge in [-0.3, -0.25) is 0 Å². The maximum absolute atomic E-state index is 6.61. The Labute approximate surface area is 297 Å². The van der Waals surface area contributed by atoms with Crippen LogP contribution in [0.25, 0.3) is 77.2 Å². The highest BCUT2D eigenvalue weighted by Gasteiger charge is 2.35.